The normalized spacial score (nSPS) is 17.3. The Labute approximate surface area is 169 Å². The van der Waals surface area contributed by atoms with Gasteiger partial charge in [-0.1, -0.05) is 41.4 Å². The molecule has 1 saturated heterocycles. The average Bonchev–Trinajstić information content (AvgIpc) is 2.67. The van der Waals surface area contributed by atoms with Gasteiger partial charge in [0.15, 0.2) is 0 Å². The van der Waals surface area contributed by atoms with Gasteiger partial charge in [-0.2, -0.15) is 5.26 Å². The van der Waals surface area contributed by atoms with Gasteiger partial charge in [0.25, 0.3) is 0 Å². The standard InChI is InChI=1S/C21H21Cl2N3O/c22-19-7-6-17(20(23)10-19)12-25-21(27)18-5-2-8-26(14-18)13-16-4-1-3-15(9-16)11-24/h1,3-4,6-7,9-10,18H,2,5,8,12-14H2,(H,25,27). The number of rotatable bonds is 5. The van der Waals surface area contributed by atoms with Crippen LogP contribution in [0.1, 0.15) is 29.5 Å². The summed E-state index contributed by atoms with van der Waals surface area (Å²) in [5.41, 5.74) is 2.62. The SMILES string of the molecule is N#Cc1cccc(CN2CCCC(C(=O)NCc3ccc(Cl)cc3Cl)C2)c1. The van der Waals surface area contributed by atoms with Crippen LogP contribution in [0.25, 0.3) is 0 Å². The van der Waals surface area contributed by atoms with Gasteiger partial charge < -0.3 is 5.32 Å². The zero-order valence-electron chi connectivity index (χ0n) is 14.9. The van der Waals surface area contributed by atoms with E-state index in [4.69, 9.17) is 28.5 Å². The molecule has 1 heterocycles. The second-order valence-electron chi connectivity index (χ2n) is 6.84. The lowest BCUT2D eigenvalue weighted by Gasteiger charge is -2.32. The van der Waals surface area contributed by atoms with Crippen molar-refractivity contribution in [3.8, 4) is 6.07 Å². The molecule has 0 aliphatic carbocycles. The molecule has 2 aromatic carbocycles. The summed E-state index contributed by atoms with van der Waals surface area (Å²) in [5.74, 6) is 0.0143. The Balaban J connectivity index is 1.55. The van der Waals surface area contributed by atoms with Crippen LogP contribution in [0.15, 0.2) is 42.5 Å². The van der Waals surface area contributed by atoms with Gasteiger partial charge in [-0.15, -0.1) is 0 Å². The highest BCUT2D eigenvalue weighted by Gasteiger charge is 2.25. The minimum absolute atomic E-state index is 0.0380. The van der Waals surface area contributed by atoms with E-state index in [0.717, 1.165) is 43.6 Å². The van der Waals surface area contributed by atoms with E-state index in [-0.39, 0.29) is 11.8 Å². The van der Waals surface area contributed by atoms with E-state index in [1.165, 1.54) is 0 Å². The van der Waals surface area contributed by atoms with Crippen LogP contribution in [-0.2, 0) is 17.9 Å². The first-order valence-corrected chi connectivity index (χ1v) is 9.74. The van der Waals surface area contributed by atoms with Gasteiger partial charge in [-0.05, 0) is 54.8 Å². The van der Waals surface area contributed by atoms with E-state index in [0.29, 0.717) is 22.2 Å². The number of benzene rings is 2. The van der Waals surface area contributed by atoms with Crippen LogP contribution in [0.5, 0.6) is 0 Å². The Morgan fingerprint density at radius 1 is 1.26 bits per heavy atom. The highest BCUT2D eigenvalue weighted by Crippen LogP contribution is 2.22. The minimum atomic E-state index is -0.0380. The summed E-state index contributed by atoms with van der Waals surface area (Å²) in [4.78, 5) is 14.9. The molecule has 4 nitrogen and oxygen atoms in total. The molecule has 3 rings (SSSR count). The molecule has 27 heavy (non-hydrogen) atoms. The summed E-state index contributed by atoms with van der Waals surface area (Å²) in [6.07, 6.45) is 1.87. The monoisotopic (exact) mass is 401 g/mol. The van der Waals surface area contributed by atoms with Crippen molar-refractivity contribution in [2.45, 2.75) is 25.9 Å². The van der Waals surface area contributed by atoms with E-state index >= 15 is 0 Å². The number of carbonyl (C=O) groups excluding carboxylic acids is 1. The van der Waals surface area contributed by atoms with E-state index < -0.39 is 0 Å². The number of amides is 1. The first-order valence-electron chi connectivity index (χ1n) is 8.98. The number of nitrogens with one attached hydrogen (secondary N) is 1. The number of hydrogen-bond acceptors (Lipinski definition) is 3. The number of piperidine rings is 1. The Hall–Kier alpha value is -2.06. The molecule has 1 atom stereocenters. The molecule has 1 aliphatic heterocycles. The van der Waals surface area contributed by atoms with Crippen LogP contribution in [0.2, 0.25) is 10.0 Å². The fourth-order valence-electron chi connectivity index (χ4n) is 3.40. The zero-order valence-corrected chi connectivity index (χ0v) is 16.4. The van der Waals surface area contributed by atoms with Crippen molar-refractivity contribution in [3.63, 3.8) is 0 Å². The van der Waals surface area contributed by atoms with Crippen molar-refractivity contribution in [2.24, 2.45) is 5.92 Å². The fraction of sp³-hybridized carbons (Fsp3) is 0.333. The molecule has 6 heteroatoms. The summed E-state index contributed by atoms with van der Waals surface area (Å²) >= 11 is 12.1. The molecule has 0 spiro atoms. The number of nitriles is 1. The molecule has 2 aromatic rings. The molecule has 0 saturated carbocycles. The van der Waals surface area contributed by atoms with Gasteiger partial charge in [0.2, 0.25) is 5.91 Å². The molecule has 1 N–H and O–H groups in total. The Morgan fingerprint density at radius 2 is 2.11 bits per heavy atom. The molecule has 0 radical (unpaired) electrons. The molecule has 1 amide bonds. The van der Waals surface area contributed by atoms with Crippen LogP contribution in [0.3, 0.4) is 0 Å². The third-order valence-corrected chi connectivity index (χ3v) is 5.39. The molecule has 140 valence electrons. The summed E-state index contributed by atoms with van der Waals surface area (Å²) < 4.78 is 0. The third kappa shape index (κ3) is 5.46. The number of nitrogens with zero attached hydrogens (tertiary/aromatic N) is 2. The maximum absolute atomic E-state index is 12.6. The smallest absolute Gasteiger partial charge is 0.224 e. The van der Waals surface area contributed by atoms with Gasteiger partial charge in [-0.3, -0.25) is 9.69 Å². The Bertz CT molecular complexity index is 863. The predicted molar refractivity (Wildman–Crippen MR) is 107 cm³/mol. The van der Waals surface area contributed by atoms with Gasteiger partial charge in [0, 0.05) is 29.7 Å². The molecule has 0 bridgehead atoms. The highest BCUT2D eigenvalue weighted by atomic mass is 35.5. The van der Waals surface area contributed by atoms with Crippen molar-refractivity contribution in [3.05, 3.63) is 69.2 Å². The predicted octanol–water partition coefficient (Wildman–Crippen LogP) is 4.39. The van der Waals surface area contributed by atoms with E-state index in [9.17, 15) is 4.79 Å². The second kappa shape index (κ2) is 9.23. The summed E-state index contributed by atoms with van der Waals surface area (Å²) in [5, 5.41) is 13.2. The lowest BCUT2D eigenvalue weighted by atomic mass is 9.96. The van der Waals surface area contributed by atoms with Crippen LogP contribution in [0.4, 0.5) is 0 Å². The topological polar surface area (TPSA) is 56.1 Å². The summed E-state index contributed by atoms with van der Waals surface area (Å²) in [6, 6.07) is 15.1. The molecule has 0 aromatic heterocycles. The highest BCUT2D eigenvalue weighted by molar-refractivity contribution is 6.35. The van der Waals surface area contributed by atoms with Crippen molar-refractivity contribution >= 4 is 29.1 Å². The molecular weight excluding hydrogens is 381 g/mol. The number of carbonyl (C=O) groups is 1. The summed E-state index contributed by atoms with van der Waals surface area (Å²) in [6.45, 7) is 2.83. The molecule has 1 unspecified atom stereocenters. The Morgan fingerprint density at radius 3 is 2.89 bits per heavy atom. The van der Waals surface area contributed by atoms with Gasteiger partial charge in [0.05, 0.1) is 17.6 Å². The molecule has 1 fully saturated rings. The largest absolute Gasteiger partial charge is 0.352 e. The van der Waals surface area contributed by atoms with Crippen LogP contribution >= 0.6 is 23.2 Å². The molecule has 1 aliphatic rings. The maximum Gasteiger partial charge on any atom is 0.224 e. The van der Waals surface area contributed by atoms with E-state index in [1.54, 1.807) is 18.2 Å². The van der Waals surface area contributed by atoms with Gasteiger partial charge in [-0.25, -0.2) is 0 Å². The minimum Gasteiger partial charge on any atom is -0.352 e. The van der Waals surface area contributed by atoms with Gasteiger partial charge >= 0.3 is 0 Å². The van der Waals surface area contributed by atoms with Crippen molar-refractivity contribution in [2.75, 3.05) is 13.1 Å². The average molecular weight is 402 g/mol. The number of likely N-dealkylation sites (tertiary alicyclic amines) is 1. The van der Waals surface area contributed by atoms with Crippen molar-refractivity contribution < 1.29 is 4.79 Å². The van der Waals surface area contributed by atoms with Crippen LogP contribution in [-0.4, -0.2) is 23.9 Å². The fourth-order valence-corrected chi connectivity index (χ4v) is 3.88. The summed E-state index contributed by atoms with van der Waals surface area (Å²) in [7, 11) is 0. The Kier molecular flexibility index (Phi) is 6.73. The molecular formula is C21H21Cl2N3O. The van der Waals surface area contributed by atoms with E-state index in [1.807, 2.05) is 24.3 Å². The number of hydrogen-bond donors (Lipinski definition) is 1. The maximum atomic E-state index is 12.6. The lowest BCUT2D eigenvalue weighted by Crippen LogP contribution is -2.42. The van der Waals surface area contributed by atoms with Crippen LogP contribution in [0, 0.1) is 17.2 Å². The first kappa shape index (κ1) is 19.7. The lowest BCUT2D eigenvalue weighted by molar-refractivity contribution is -0.126. The number of halogens is 2. The van der Waals surface area contributed by atoms with Crippen LogP contribution < -0.4 is 5.32 Å². The first-order chi connectivity index (χ1) is 13.0. The second-order valence-corrected chi connectivity index (χ2v) is 7.68. The quantitative estimate of drug-likeness (QED) is 0.807. The van der Waals surface area contributed by atoms with E-state index in [2.05, 4.69) is 16.3 Å². The van der Waals surface area contributed by atoms with Gasteiger partial charge in [0.1, 0.15) is 0 Å². The zero-order chi connectivity index (χ0) is 19.2. The van der Waals surface area contributed by atoms with Crippen molar-refractivity contribution in [1.29, 1.82) is 5.26 Å². The van der Waals surface area contributed by atoms with Crippen molar-refractivity contribution in [1.82, 2.24) is 10.2 Å². The third-order valence-electron chi connectivity index (χ3n) is 4.81.